The van der Waals surface area contributed by atoms with Crippen molar-refractivity contribution in [3.05, 3.63) is 78.1 Å². The van der Waals surface area contributed by atoms with Crippen LogP contribution in [0.1, 0.15) is 11.1 Å². The SMILES string of the molecule is c1cncc(CN2Cc3c4ccccc4nc4cccc2c34)c1. The Morgan fingerprint density at radius 1 is 0.913 bits per heavy atom. The van der Waals surface area contributed by atoms with Crippen LogP contribution in [0.25, 0.3) is 21.8 Å². The van der Waals surface area contributed by atoms with Crippen LogP contribution in [-0.2, 0) is 13.1 Å². The number of anilines is 1. The van der Waals surface area contributed by atoms with Crippen LogP contribution in [0.3, 0.4) is 0 Å². The summed E-state index contributed by atoms with van der Waals surface area (Å²) >= 11 is 0. The molecule has 0 spiro atoms. The Bertz CT molecular complexity index is 1020. The molecule has 1 aliphatic rings. The van der Waals surface area contributed by atoms with Crippen molar-refractivity contribution in [1.29, 1.82) is 0 Å². The molecule has 23 heavy (non-hydrogen) atoms. The smallest absolute Gasteiger partial charge is 0.0734 e. The highest BCUT2D eigenvalue weighted by Gasteiger charge is 2.24. The van der Waals surface area contributed by atoms with Gasteiger partial charge in [-0.2, -0.15) is 0 Å². The third kappa shape index (κ3) is 1.90. The predicted molar refractivity (Wildman–Crippen MR) is 93.4 cm³/mol. The first-order valence-corrected chi connectivity index (χ1v) is 7.84. The summed E-state index contributed by atoms with van der Waals surface area (Å²) in [5, 5.41) is 2.57. The maximum atomic E-state index is 4.84. The summed E-state index contributed by atoms with van der Waals surface area (Å²) in [7, 11) is 0. The molecule has 0 fully saturated rings. The molecular weight excluding hydrogens is 282 g/mol. The van der Waals surface area contributed by atoms with Gasteiger partial charge in [0.15, 0.2) is 0 Å². The molecule has 0 unspecified atom stereocenters. The summed E-state index contributed by atoms with van der Waals surface area (Å²) in [6.07, 6.45) is 3.76. The first-order valence-electron chi connectivity index (χ1n) is 7.84. The van der Waals surface area contributed by atoms with E-state index in [0.717, 1.165) is 24.1 Å². The largest absolute Gasteiger partial charge is 0.362 e. The molecule has 0 saturated carbocycles. The first-order chi connectivity index (χ1) is 11.4. The van der Waals surface area contributed by atoms with Crippen molar-refractivity contribution >= 4 is 27.5 Å². The lowest BCUT2D eigenvalue weighted by atomic mass is 10.0. The molecule has 1 aliphatic heterocycles. The van der Waals surface area contributed by atoms with Gasteiger partial charge in [-0.1, -0.05) is 30.3 Å². The van der Waals surface area contributed by atoms with Gasteiger partial charge in [0, 0.05) is 41.9 Å². The van der Waals surface area contributed by atoms with Crippen molar-refractivity contribution in [3.63, 3.8) is 0 Å². The van der Waals surface area contributed by atoms with Crippen LogP contribution in [0.2, 0.25) is 0 Å². The number of aromatic nitrogens is 2. The summed E-state index contributed by atoms with van der Waals surface area (Å²) < 4.78 is 0. The molecule has 0 atom stereocenters. The molecule has 110 valence electrons. The van der Waals surface area contributed by atoms with Gasteiger partial charge in [0.25, 0.3) is 0 Å². The van der Waals surface area contributed by atoms with Crippen LogP contribution in [-0.4, -0.2) is 9.97 Å². The molecule has 0 bridgehead atoms. The van der Waals surface area contributed by atoms with E-state index in [1.807, 2.05) is 18.5 Å². The minimum atomic E-state index is 0.871. The number of hydrogen-bond acceptors (Lipinski definition) is 3. The minimum Gasteiger partial charge on any atom is -0.362 e. The standard InChI is InChI=1S/C20H15N3/c1-2-7-17-15(6-1)16-13-23(12-14-5-4-10-21-11-14)19-9-3-8-18(22-17)20(16)19/h1-11H,12-13H2. The Balaban J connectivity index is 1.70. The fourth-order valence-electron chi connectivity index (χ4n) is 3.58. The van der Waals surface area contributed by atoms with E-state index in [9.17, 15) is 0 Å². The van der Waals surface area contributed by atoms with Gasteiger partial charge < -0.3 is 4.90 Å². The Kier molecular flexibility index (Phi) is 2.62. The zero-order valence-electron chi connectivity index (χ0n) is 12.6. The maximum absolute atomic E-state index is 4.84. The molecule has 5 rings (SSSR count). The normalized spacial score (nSPS) is 13.1. The first kappa shape index (κ1) is 12.6. The van der Waals surface area contributed by atoms with E-state index in [4.69, 9.17) is 4.98 Å². The number of rotatable bonds is 2. The number of fused-ring (bicyclic) bond motifs is 2. The van der Waals surface area contributed by atoms with Gasteiger partial charge in [-0.05, 0) is 35.4 Å². The monoisotopic (exact) mass is 297 g/mol. The molecule has 2 aromatic heterocycles. The molecule has 3 heteroatoms. The van der Waals surface area contributed by atoms with Crippen molar-refractivity contribution in [2.75, 3.05) is 4.90 Å². The van der Waals surface area contributed by atoms with E-state index < -0.39 is 0 Å². The van der Waals surface area contributed by atoms with Gasteiger partial charge in [0.1, 0.15) is 0 Å². The van der Waals surface area contributed by atoms with Crippen LogP contribution in [0.5, 0.6) is 0 Å². The van der Waals surface area contributed by atoms with Crippen molar-refractivity contribution < 1.29 is 0 Å². The van der Waals surface area contributed by atoms with Gasteiger partial charge in [-0.3, -0.25) is 4.98 Å². The van der Waals surface area contributed by atoms with Gasteiger partial charge in [0.05, 0.1) is 11.0 Å². The van der Waals surface area contributed by atoms with Crippen molar-refractivity contribution in [1.82, 2.24) is 9.97 Å². The Morgan fingerprint density at radius 2 is 1.83 bits per heavy atom. The van der Waals surface area contributed by atoms with E-state index in [0.29, 0.717) is 0 Å². The van der Waals surface area contributed by atoms with Gasteiger partial charge in [-0.15, -0.1) is 0 Å². The topological polar surface area (TPSA) is 29.0 Å². The van der Waals surface area contributed by atoms with E-state index in [2.05, 4.69) is 58.4 Å². The molecule has 0 amide bonds. The zero-order chi connectivity index (χ0) is 15.2. The summed E-state index contributed by atoms with van der Waals surface area (Å²) in [5.74, 6) is 0. The van der Waals surface area contributed by atoms with Gasteiger partial charge >= 0.3 is 0 Å². The fraction of sp³-hybridized carbons (Fsp3) is 0.100. The van der Waals surface area contributed by atoms with Crippen LogP contribution in [0.15, 0.2) is 67.0 Å². The Morgan fingerprint density at radius 3 is 2.74 bits per heavy atom. The lowest BCUT2D eigenvalue weighted by molar-refractivity contribution is 0.826. The molecule has 0 saturated heterocycles. The highest BCUT2D eigenvalue weighted by Crippen LogP contribution is 2.40. The summed E-state index contributed by atoms with van der Waals surface area (Å²) in [5.41, 5.74) is 6.07. The summed E-state index contributed by atoms with van der Waals surface area (Å²) in [6, 6.07) is 19.0. The van der Waals surface area contributed by atoms with E-state index in [1.165, 1.54) is 27.6 Å². The summed E-state index contributed by atoms with van der Waals surface area (Å²) in [6.45, 7) is 1.80. The number of nitrogens with zero attached hydrogens (tertiary/aromatic N) is 3. The molecule has 0 aliphatic carbocycles. The van der Waals surface area contributed by atoms with Crippen LogP contribution < -0.4 is 4.90 Å². The van der Waals surface area contributed by atoms with Gasteiger partial charge in [0.2, 0.25) is 0 Å². The van der Waals surface area contributed by atoms with Crippen molar-refractivity contribution in [3.8, 4) is 0 Å². The average molecular weight is 297 g/mol. The van der Waals surface area contributed by atoms with Crippen LogP contribution in [0, 0.1) is 0 Å². The lowest BCUT2D eigenvalue weighted by Gasteiger charge is -2.19. The van der Waals surface area contributed by atoms with E-state index in [1.54, 1.807) is 0 Å². The third-order valence-electron chi connectivity index (χ3n) is 4.58. The fourth-order valence-corrected chi connectivity index (χ4v) is 3.58. The number of para-hydroxylation sites is 1. The van der Waals surface area contributed by atoms with E-state index >= 15 is 0 Å². The minimum absolute atomic E-state index is 0.871. The van der Waals surface area contributed by atoms with Crippen molar-refractivity contribution in [2.24, 2.45) is 0 Å². The zero-order valence-corrected chi connectivity index (χ0v) is 12.6. The maximum Gasteiger partial charge on any atom is 0.0734 e. The quantitative estimate of drug-likeness (QED) is 0.516. The number of pyridine rings is 2. The van der Waals surface area contributed by atoms with Crippen LogP contribution >= 0.6 is 0 Å². The van der Waals surface area contributed by atoms with E-state index in [-0.39, 0.29) is 0 Å². The Hall–Kier alpha value is -2.94. The second kappa shape index (κ2) is 4.78. The molecule has 2 aromatic carbocycles. The molecular formula is C20H15N3. The van der Waals surface area contributed by atoms with Crippen LogP contribution in [0.4, 0.5) is 5.69 Å². The molecule has 0 N–H and O–H groups in total. The van der Waals surface area contributed by atoms with Crippen molar-refractivity contribution in [2.45, 2.75) is 13.1 Å². The number of benzene rings is 2. The van der Waals surface area contributed by atoms with Gasteiger partial charge in [-0.25, -0.2) is 4.98 Å². The average Bonchev–Trinajstić information content (AvgIpc) is 2.97. The third-order valence-corrected chi connectivity index (χ3v) is 4.58. The second-order valence-electron chi connectivity index (χ2n) is 6.00. The molecule has 3 nitrogen and oxygen atoms in total. The summed E-state index contributed by atoms with van der Waals surface area (Å²) in [4.78, 5) is 11.5. The Labute approximate surface area is 134 Å². The molecule has 0 radical (unpaired) electrons. The molecule has 4 aromatic rings. The highest BCUT2D eigenvalue weighted by molar-refractivity contribution is 6.06. The molecule has 3 heterocycles. The second-order valence-corrected chi connectivity index (χ2v) is 6.00. The number of hydrogen-bond donors (Lipinski definition) is 0. The highest BCUT2D eigenvalue weighted by atomic mass is 15.1. The predicted octanol–water partition coefficient (Wildman–Crippen LogP) is 4.30. The lowest BCUT2D eigenvalue weighted by Crippen LogP contribution is -2.17.